The highest BCUT2D eigenvalue weighted by Gasteiger charge is 2.08. The zero-order valence-corrected chi connectivity index (χ0v) is 4.13. The van der Waals surface area contributed by atoms with E-state index in [-0.39, 0.29) is 6.73 Å². The highest BCUT2D eigenvalue weighted by molar-refractivity contribution is 4.50. The highest BCUT2D eigenvalue weighted by atomic mass is 16.5. The number of aliphatic hydroxyl groups excluding tert-OH is 1. The van der Waals surface area contributed by atoms with E-state index in [1.807, 2.05) is 4.90 Å². The quantitative estimate of drug-likeness (QED) is 0.473. The maximum absolute atomic E-state index is 8.41. The molecular formula is C4H9NO2. The van der Waals surface area contributed by atoms with Crippen LogP contribution in [0.25, 0.3) is 0 Å². The molecule has 1 heterocycles. The maximum atomic E-state index is 8.41. The summed E-state index contributed by atoms with van der Waals surface area (Å²) in [6, 6.07) is 0. The fourth-order valence-electron chi connectivity index (χ4n) is 0.563. The second-order valence-electron chi connectivity index (χ2n) is 1.57. The molecule has 1 aliphatic heterocycles. The monoisotopic (exact) mass is 103 g/mol. The van der Waals surface area contributed by atoms with Gasteiger partial charge in [-0.3, -0.25) is 4.90 Å². The van der Waals surface area contributed by atoms with Gasteiger partial charge in [-0.25, -0.2) is 0 Å². The molecule has 1 saturated heterocycles. The summed E-state index contributed by atoms with van der Waals surface area (Å²) in [6.45, 7) is 2.35. The minimum absolute atomic E-state index is 0.125. The van der Waals surface area contributed by atoms with Crippen molar-refractivity contribution in [1.82, 2.24) is 4.90 Å². The summed E-state index contributed by atoms with van der Waals surface area (Å²) in [7, 11) is 0. The first-order valence-corrected chi connectivity index (χ1v) is 2.34. The number of hydrogen-bond donors (Lipinski definition) is 1. The van der Waals surface area contributed by atoms with Gasteiger partial charge in [-0.1, -0.05) is 0 Å². The third-order valence-corrected chi connectivity index (χ3v) is 1.03. The van der Waals surface area contributed by atoms with Crippen molar-refractivity contribution in [3.63, 3.8) is 0 Å². The third-order valence-electron chi connectivity index (χ3n) is 1.03. The Balaban J connectivity index is 2.14. The Labute approximate surface area is 42.5 Å². The lowest BCUT2D eigenvalue weighted by atomic mass is 10.7. The van der Waals surface area contributed by atoms with Crippen LogP contribution in [0, 0.1) is 0 Å². The van der Waals surface area contributed by atoms with Gasteiger partial charge in [0.2, 0.25) is 0 Å². The lowest BCUT2D eigenvalue weighted by molar-refractivity contribution is 0.0738. The lowest BCUT2D eigenvalue weighted by Gasteiger charge is -2.04. The van der Waals surface area contributed by atoms with Crippen molar-refractivity contribution >= 4 is 0 Å². The lowest BCUT2D eigenvalue weighted by Crippen LogP contribution is -2.20. The smallest absolute Gasteiger partial charge is 0.101 e. The average Bonchev–Trinajstić information content (AvgIpc) is 2.14. The summed E-state index contributed by atoms with van der Waals surface area (Å²) in [6.07, 6.45) is 0. The van der Waals surface area contributed by atoms with Crippen LogP contribution in [0.2, 0.25) is 0 Å². The van der Waals surface area contributed by atoms with E-state index in [4.69, 9.17) is 9.84 Å². The van der Waals surface area contributed by atoms with Crippen LogP contribution >= 0.6 is 0 Å². The molecule has 0 aliphatic carbocycles. The van der Waals surface area contributed by atoms with Gasteiger partial charge in [-0.2, -0.15) is 0 Å². The predicted molar refractivity (Wildman–Crippen MR) is 24.6 cm³/mol. The summed E-state index contributed by atoms with van der Waals surface area (Å²) in [5, 5.41) is 8.41. The van der Waals surface area contributed by atoms with E-state index < -0.39 is 0 Å². The topological polar surface area (TPSA) is 32.7 Å². The summed E-state index contributed by atoms with van der Waals surface area (Å²) in [5.41, 5.74) is 0. The number of hydrogen-bond acceptors (Lipinski definition) is 3. The minimum Gasteiger partial charge on any atom is -0.381 e. The van der Waals surface area contributed by atoms with E-state index in [0.29, 0.717) is 6.73 Å². The zero-order chi connectivity index (χ0) is 5.11. The number of aliphatic hydroxyl groups is 1. The Morgan fingerprint density at radius 2 is 2.57 bits per heavy atom. The molecule has 1 fully saturated rings. The second-order valence-corrected chi connectivity index (χ2v) is 1.57. The molecule has 0 aromatic heterocycles. The van der Waals surface area contributed by atoms with Crippen LogP contribution in [0.5, 0.6) is 0 Å². The molecule has 0 aromatic rings. The molecule has 0 bridgehead atoms. The van der Waals surface area contributed by atoms with Crippen molar-refractivity contribution in [2.75, 3.05) is 26.6 Å². The summed E-state index contributed by atoms with van der Waals surface area (Å²) >= 11 is 0. The normalized spacial score (nSPS) is 23.6. The van der Waals surface area contributed by atoms with E-state index in [9.17, 15) is 0 Å². The van der Waals surface area contributed by atoms with Crippen LogP contribution in [-0.2, 0) is 4.74 Å². The molecule has 1 N–H and O–H groups in total. The average molecular weight is 103 g/mol. The Hall–Kier alpha value is -0.120. The van der Waals surface area contributed by atoms with Crippen molar-refractivity contribution in [3.8, 4) is 0 Å². The molecule has 0 unspecified atom stereocenters. The van der Waals surface area contributed by atoms with Crippen LogP contribution in [0.1, 0.15) is 0 Å². The fourth-order valence-corrected chi connectivity index (χ4v) is 0.563. The SMILES string of the molecule is OCN1CCOC1. The molecule has 1 rings (SSSR count). The molecular weight excluding hydrogens is 94.0 g/mol. The first-order valence-electron chi connectivity index (χ1n) is 2.34. The first kappa shape index (κ1) is 5.03. The standard InChI is InChI=1S/C4H9NO2/c6-3-5-1-2-7-4-5/h6H,1-4H2. The molecule has 0 saturated carbocycles. The number of nitrogens with zero attached hydrogens (tertiary/aromatic N) is 1. The molecule has 0 atom stereocenters. The molecule has 0 spiro atoms. The van der Waals surface area contributed by atoms with Gasteiger partial charge in [-0.15, -0.1) is 0 Å². The predicted octanol–water partition coefficient (Wildman–Crippen LogP) is -0.774. The van der Waals surface area contributed by atoms with Gasteiger partial charge in [-0.05, 0) is 0 Å². The Kier molecular flexibility index (Phi) is 1.62. The van der Waals surface area contributed by atoms with Crippen LogP contribution in [0.4, 0.5) is 0 Å². The Morgan fingerprint density at radius 3 is 2.86 bits per heavy atom. The van der Waals surface area contributed by atoms with Crippen molar-refractivity contribution in [2.45, 2.75) is 0 Å². The van der Waals surface area contributed by atoms with Crippen LogP contribution in [0.15, 0.2) is 0 Å². The molecule has 7 heavy (non-hydrogen) atoms. The van der Waals surface area contributed by atoms with Crippen LogP contribution in [-0.4, -0.2) is 36.6 Å². The van der Waals surface area contributed by atoms with E-state index in [0.717, 1.165) is 13.2 Å². The van der Waals surface area contributed by atoms with E-state index >= 15 is 0 Å². The summed E-state index contributed by atoms with van der Waals surface area (Å²) in [5.74, 6) is 0. The molecule has 0 aromatic carbocycles. The van der Waals surface area contributed by atoms with Gasteiger partial charge in [0.05, 0.1) is 13.3 Å². The zero-order valence-electron chi connectivity index (χ0n) is 4.13. The molecule has 42 valence electrons. The third kappa shape index (κ3) is 1.12. The molecule has 3 nitrogen and oxygen atoms in total. The van der Waals surface area contributed by atoms with Gasteiger partial charge in [0.25, 0.3) is 0 Å². The molecule has 1 aliphatic rings. The minimum atomic E-state index is 0.125. The maximum Gasteiger partial charge on any atom is 0.101 e. The van der Waals surface area contributed by atoms with Gasteiger partial charge in [0.1, 0.15) is 6.73 Å². The van der Waals surface area contributed by atoms with E-state index in [2.05, 4.69) is 0 Å². The molecule has 3 heteroatoms. The van der Waals surface area contributed by atoms with Crippen molar-refractivity contribution < 1.29 is 9.84 Å². The van der Waals surface area contributed by atoms with Crippen molar-refractivity contribution in [2.24, 2.45) is 0 Å². The van der Waals surface area contributed by atoms with Crippen molar-refractivity contribution in [1.29, 1.82) is 0 Å². The second kappa shape index (κ2) is 2.26. The first-order chi connectivity index (χ1) is 3.43. The highest BCUT2D eigenvalue weighted by Crippen LogP contribution is 1.94. The van der Waals surface area contributed by atoms with Gasteiger partial charge in [0.15, 0.2) is 0 Å². The van der Waals surface area contributed by atoms with Gasteiger partial charge in [0, 0.05) is 6.54 Å². The number of ether oxygens (including phenoxy) is 1. The van der Waals surface area contributed by atoms with Crippen LogP contribution < -0.4 is 0 Å². The Morgan fingerprint density at radius 1 is 1.71 bits per heavy atom. The summed E-state index contributed by atoms with van der Waals surface area (Å²) < 4.78 is 4.91. The largest absolute Gasteiger partial charge is 0.381 e. The van der Waals surface area contributed by atoms with Crippen molar-refractivity contribution in [3.05, 3.63) is 0 Å². The molecule has 0 radical (unpaired) electrons. The summed E-state index contributed by atoms with van der Waals surface area (Å²) in [4.78, 5) is 1.82. The van der Waals surface area contributed by atoms with E-state index in [1.165, 1.54) is 0 Å². The number of rotatable bonds is 1. The van der Waals surface area contributed by atoms with Gasteiger partial charge >= 0.3 is 0 Å². The Bertz CT molecular complexity index is 51.7. The van der Waals surface area contributed by atoms with E-state index in [1.54, 1.807) is 0 Å². The van der Waals surface area contributed by atoms with Crippen LogP contribution in [0.3, 0.4) is 0 Å². The fraction of sp³-hybridized carbons (Fsp3) is 1.00. The van der Waals surface area contributed by atoms with Gasteiger partial charge < -0.3 is 9.84 Å². The molecule has 0 amide bonds.